The lowest BCUT2D eigenvalue weighted by Crippen LogP contribution is -2.29. The topological polar surface area (TPSA) is 87.6 Å². The molecular formula is C34H29N3O4. The molecule has 2 amide bonds. The molecule has 0 saturated heterocycles. The number of carbonyl (C=O) groups is 2. The van der Waals surface area contributed by atoms with Gasteiger partial charge in [0, 0.05) is 38.6 Å². The summed E-state index contributed by atoms with van der Waals surface area (Å²) in [5.74, 6) is 0.191. The number of aliphatic hydroxyl groups is 1. The number of hydrogen-bond donors (Lipinski definition) is 2. The third-order valence-electron chi connectivity index (χ3n) is 9.05. The quantitative estimate of drug-likeness (QED) is 0.242. The van der Waals surface area contributed by atoms with Gasteiger partial charge in [0.25, 0.3) is 11.8 Å². The zero-order chi connectivity index (χ0) is 27.8. The second kappa shape index (κ2) is 8.94. The number of aromatic amines is 1. The van der Waals surface area contributed by atoms with Crippen LogP contribution in [0.25, 0.3) is 43.6 Å². The molecule has 7 heteroatoms. The predicted molar refractivity (Wildman–Crippen MR) is 160 cm³/mol. The van der Waals surface area contributed by atoms with E-state index >= 15 is 0 Å². The molecule has 1 fully saturated rings. The minimum absolute atomic E-state index is 0.177. The van der Waals surface area contributed by atoms with Gasteiger partial charge in [-0.2, -0.15) is 0 Å². The molecule has 1 aliphatic heterocycles. The lowest BCUT2D eigenvalue weighted by molar-refractivity contribution is 0.0643. The highest BCUT2D eigenvalue weighted by Gasteiger charge is 2.42. The third-order valence-corrected chi connectivity index (χ3v) is 9.05. The van der Waals surface area contributed by atoms with Crippen molar-refractivity contribution in [1.82, 2.24) is 14.5 Å². The number of H-pyrrole nitrogens is 1. The second-order valence-corrected chi connectivity index (χ2v) is 11.3. The Bertz CT molecular complexity index is 2030. The first-order valence-electron chi connectivity index (χ1n) is 14.2. The van der Waals surface area contributed by atoms with Gasteiger partial charge < -0.3 is 19.4 Å². The van der Waals surface area contributed by atoms with Crippen molar-refractivity contribution < 1.29 is 19.4 Å². The van der Waals surface area contributed by atoms with Crippen molar-refractivity contribution in [2.75, 3.05) is 7.11 Å². The molecule has 8 rings (SSSR count). The van der Waals surface area contributed by atoms with E-state index < -0.39 is 0 Å². The highest BCUT2D eigenvalue weighted by atomic mass is 16.5. The second-order valence-electron chi connectivity index (χ2n) is 11.3. The third kappa shape index (κ3) is 3.42. The SMILES string of the molecule is COc1ccc(CN2C(=O)c3c(c4c5ccccc5n(C5CCC(O)CC5)c4c4[nH]c5ccccc5c34)C2=O)cc1. The van der Waals surface area contributed by atoms with Crippen molar-refractivity contribution in [3.05, 3.63) is 89.5 Å². The van der Waals surface area contributed by atoms with Crippen LogP contribution in [0.15, 0.2) is 72.8 Å². The Labute approximate surface area is 235 Å². The predicted octanol–water partition coefficient (Wildman–Crippen LogP) is 6.71. The minimum Gasteiger partial charge on any atom is -0.497 e. The van der Waals surface area contributed by atoms with E-state index in [1.165, 1.54) is 4.90 Å². The number of nitrogens with one attached hydrogen (secondary N) is 1. The molecule has 7 nitrogen and oxygen atoms in total. The largest absolute Gasteiger partial charge is 0.497 e. The zero-order valence-corrected chi connectivity index (χ0v) is 22.7. The number of amides is 2. The number of carbonyl (C=O) groups excluding carboxylic acids is 2. The van der Waals surface area contributed by atoms with E-state index in [-0.39, 0.29) is 30.5 Å². The average Bonchev–Trinajstić information content (AvgIpc) is 3.63. The number of aliphatic hydroxyl groups excluding tert-OH is 1. The molecule has 204 valence electrons. The number of nitrogens with zero attached hydrogens (tertiary/aromatic N) is 2. The summed E-state index contributed by atoms with van der Waals surface area (Å²) in [5, 5.41) is 13.8. The number of ether oxygens (including phenoxy) is 1. The van der Waals surface area contributed by atoms with Gasteiger partial charge in [-0.3, -0.25) is 14.5 Å². The molecule has 0 bridgehead atoms. The molecule has 4 aromatic carbocycles. The van der Waals surface area contributed by atoms with Crippen molar-refractivity contribution in [3.63, 3.8) is 0 Å². The zero-order valence-electron chi connectivity index (χ0n) is 22.7. The molecule has 1 aliphatic carbocycles. The van der Waals surface area contributed by atoms with Crippen LogP contribution in [-0.2, 0) is 6.54 Å². The Kier molecular flexibility index (Phi) is 5.28. The number of rotatable bonds is 4. The number of aromatic nitrogens is 2. The van der Waals surface area contributed by atoms with Crippen LogP contribution < -0.4 is 4.74 Å². The highest BCUT2D eigenvalue weighted by Crippen LogP contribution is 2.47. The van der Waals surface area contributed by atoms with Crippen LogP contribution in [0.3, 0.4) is 0 Å². The Hall–Kier alpha value is -4.62. The van der Waals surface area contributed by atoms with Crippen LogP contribution in [0.4, 0.5) is 0 Å². The van der Waals surface area contributed by atoms with E-state index in [4.69, 9.17) is 4.74 Å². The van der Waals surface area contributed by atoms with Crippen LogP contribution in [0.1, 0.15) is 58.0 Å². The van der Waals surface area contributed by atoms with Crippen molar-refractivity contribution in [2.45, 2.75) is 44.4 Å². The van der Waals surface area contributed by atoms with Gasteiger partial charge in [0.05, 0.1) is 41.9 Å². The van der Waals surface area contributed by atoms with Gasteiger partial charge in [-0.1, -0.05) is 48.5 Å². The fourth-order valence-electron chi connectivity index (χ4n) is 7.13. The summed E-state index contributed by atoms with van der Waals surface area (Å²) < 4.78 is 7.67. The van der Waals surface area contributed by atoms with Gasteiger partial charge in [-0.25, -0.2) is 0 Å². The fraction of sp³-hybridized carbons (Fsp3) is 0.235. The maximum absolute atomic E-state index is 14.4. The Balaban J connectivity index is 1.45. The molecular weight excluding hydrogens is 514 g/mol. The summed E-state index contributed by atoms with van der Waals surface area (Å²) in [6.45, 7) is 0.181. The first kappa shape index (κ1) is 24.2. The van der Waals surface area contributed by atoms with Gasteiger partial charge in [0.2, 0.25) is 0 Å². The summed E-state index contributed by atoms with van der Waals surface area (Å²) >= 11 is 0. The minimum atomic E-state index is -0.276. The highest BCUT2D eigenvalue weighted by molar-refractivity contribution is 6.39. The molecule has 3 heterocycles. The van der Waals surface area contributed by atoms with Gasteiger partial charge >= 0.3 is 0 Å². The van der Waals surface area contributed by atoms with E-state index in [1.807, 2.05) is 60.7 Å². The van der Waals surface area contributed by atoms with Crippen molar-refractivity contribution >= 4 is 55.4 Å². The Morgan fingerprint density at radius 1 is 0.829 bits per heavy atom. The number of hydrogen-bond acceptors (Lipinski definition) is 4. The molecule has 2 aromatic heterocycles. The number of para-hydroxylation sites is 2. The number of imide groups is 1. The Morgan fingerprint density at radius 3 is 2.22 bits per heavy atom. The van der Waals surface area contributed by atoms with E-state index in [9.17, 15) is 14.7 Å². The van der Waals surface area contributed by atoms with Crippen molar-refractivity contribution in [1.29, 1.82) is 0 Å². The summed E-state index contributed by atoms with van der Waals surface area (Å²) in [4.78, 5) is 33.6. The molecule has 0 radical (unpaired) electrons. The summed E-state index contributed by atoms with van der Waals surface area (Å²) in [6, 6.07) is 23.8. The standard InChI is InChI=1S/C34H29N3O4/c1-41-22-16-10-19(11-17-22)18-36-33(39)29-27-23-6-2-4-8-25(23)35-31(27)32-28(30(29)34(36)40)24-7-3-5-9-26(24)37(32)20-12-14-21(38)15-13-20/h2-11,16-17,20-21,35,38H,12-15,18H2,1H3. The van der Waals surface area contributed by atoms with Crippen LogP contribution in [0.5, 0.6) is 5.75 Å². The lowest BCUT2D eigenvalue weighted by atomic mass is 9.92. The first-order chi connectivity index (χ1) is 20.0. The summed E-state index contributed by atoms with van der Waals surface area (Å²) in [5.41, 5.74) is 5.65. The van der Waals surface area contributed by atoms with Crippen molar-refractivity contribution in [2.24, 2.45) is 0 Å². The lowest BCUT2D eigenvalue weighted by Gasteiger charge is -2.28. The Morgan fingerprint density at radius 2 is 1.49 bits per heavy atom. The summed E-state index contributed by atoms with van der Waals surface area (Å²) in [7, 11) is 1.61. The van der Waals surface area contributed by atoms with Gasteiger partial charge in [0.1, 0.15) is 5.75 Å². The molecule has 1 saturated carbocycles. The van der Waals surface area contributed by atoms with Gasteiger partial charge in [-0.05, 0) is 55.5 Å². The van der Waals surface area contributed by atoms with E-state index in [1.54, 1.807) is 7.11 Å². The van der Waals surface area contributed by atoms with Gasteiger partial charge in [0.15, 0.2) is 0 Å². The normalized spacial score (nSPS) is 19.2. The van der Waals surface area contributed by atoms with E-state index in [0.29, 0.717) is 11.1 Å². The average molecular weight is 544 g/mol. The number of methoxy groups -OCH3 is 1. The summed E-state index contributed by atoms with van der Waals surface area (Å²) in [6.07, 6.45) is 2.91. The van der Waals surface area contributed by atoms with E-state index in [2.05, 4.69) is 21.7 Å². The molecule has 41 heavy (non-hydrogen) atoms. The fourth-order valence-corrected chi connectivity index (χ4v) is 7.13. The van der Waals surface area contributed by atoms with E-state index in [0.717, 1.165) is 80.6 Å². The van der Waals surface area contributed by atoms with Crippen molar-refractivity contribution in [3.8, 4) is 5.75 Å². The van der Waals surface area contributed by atoms with Crippen LogP contribution in [-0.4, -0.2) is 44.6 Å². The molecule has 2 aliphatic rings. The number of benzene rings is 4. The monoisotopic (exact) mass is 543 g/mol. The maximum Gasteiger partial charge on any atom is 0.262 e. The van der Waals surface area contributed by atoms with Crippen LogP contribution in [0, 0.1) is 0 Å². The van der Waals surface area contributed by atoms with Crippen LogP contribution in [0.2, 0.25) is 0 Å². The van der Waals surface area contributed by atoms with Gasteiger partial charge in [-0.15, -0.1) is 0 Å². The smallest absolute Gasteiger partial charge is 0.262 e. The molecule has 6 aromatic rings. The molecule has 0 spiro atoms. The maximum atomic E-state index is 14.4. The molecule has 0 unspecified atom stereocenters. The number of fused-ring (bicyclic) bond motifs is 10. The van der Waals surface area contributed by atoms with Crippen LogP contribution >= 0.6 is 0 Å². The first-order valence-corrected chi connectivity index (χ1v) is 14.2. The molecule has 0 atom stereocenters. The molecule has 2 N–H and O–H groups in total.